The van der Waals surface area contributed by atoms with Crippen LogP contribution in [0.15, 0.2) is 48.9 Å². The van der Waals surface area contributed by atoms with Crippen LogP contribution in [0.3, 0.4) is 0 Å². The fourth-order valence-corrected chi connectivity index (χ4v) is 2.86. The molecule has 118 valence electrons. The lowest BCUT2D eigenvalue weighted by molar-refractivity contribution is 0.240. The molecule has 6 nitrogen and oxygen atoms in total. The van der Waals surface area contributed by atoms with Gasteiger partial charge in [0.25, 0.3) is 0 Å². The molecule has 0 spiro atoms. The second-order valence-electron chi connectivity index (χ2n) is 5.00. The van der Waals surface area contributed by atoms with Crippen LogP contribution in [-0.2, 0) is 13.1 Å². The molecule has 0 aliphatic rings. The van der Waals surface area contributed by atoms with E-state index < -0.39 is 0 Å². The Morgan fingerprint density at radius 3 is 2.87 bits per heavy atom. The SMILES string of the molecule is Cc1ncc(CNC(=O)NCc2cccc(-n3cccn3)c2)s1. The third-order valence-corrected chi connectivity index (χ3v) is 4.14. The molecule has 2 aromatic heterocycles. The first-order chi connectivity index (χ1) is 11.2. The summed E-state index contributed by atoms with van der Waals surface area (Å²) in [5, 5.41) is 10.9. The van der Waals surface area contributed by atoms with Crippen LogP contribution in [0, 0.1) is 6.92 Å². The van der Waals surface area contributed by atoms with E-state index in [1.165, 1.54) is 0 Å². The van der Waals surface area contributed by atoms with E-state index in [1.807, 2.05) is 43.5 Å². The molecule has 23 heavy (non-hydrogen) atoms. The summed E-state index contributed by atoms with van der Waals surface area (Å²) in [5.74, 6) is 0. The fraction of sp³-hybridized carbons (Fsp3) is 0.188. The number of thiazole rings is 1. The van der Waals surface area contributed by atoms with Gasteiger partial charge < -0.3 is 10.6 Å². The number of carbonyl (C=O) groups excluding carboxylic acids is 1. The van der Waals surface area contributed by atoms with Crippen LogP contribution < -0.4 is 10.6 Å². The highest BCUT2D eigenvalue weighted by Crippen LogP contribution is 2.11. The maximum absolute atomic E-state index is 11.9. The van der Waals surface area contributed by atoms with Crippen molar-refractivity contribution < 1.29 is 4.79 Å². The quantitative estimate of drug-likeness (QED) is 0.757. The van der Waals surface area contributed by atoms with Crippen LogP contribution in [0.25, 0.3) is 5.69 Å². The second kappa shape index (κ2) is 7.06. The summed E-state index contributed by atoms with van der Waals surface area (Å²) in [4.78, 5) is 17.1. The number of aromatic nitrogens is 3. The molecule has 2 N–H and O–H groups in total. The Bertz CT molecular complexity index is 781. The number of nitrogens with one attached hydrogen (secondary N) is 2. The lowest BCUT2D eigenvalue weighted by Gasteiger charge is -2.08. The standard InChI is InChI=1S/C16H17N5OS/c1-12-17-10-15(23-12)11-19-16(22)18-9-13-4-2-5-14(8-13)21-7-3-6-20-21/h2-8,10H,9,11H2,1H3,(H2,18,19,22). The van der Waals surface area contributed by atoms with Crippen molar-refractivity contribution in [2.75, 3.05) is 0 Å². The highest BCUT2D eigenvalue weighted by molar-refractivity contribution is 7.11. The first-order valence-electron chi connectivity index (χ1n) is 7.23. The molecule has 0 atom stereocenters. The predicted molar refractivity (Wildman–Crippen MR) is 89.5 cm³/mol. The predicted octanol–water partition coefficient (Wildman–Crippen LogP) is 2.64. The third kappa shape index (κ3) is 4.17. The summed E-state index contributed by atoms with van der Waals surface area (Å²) in [6, 6.07) is 9.58. The first kappa shape index (κ1) is 15.2. The average molecular weight is 327 g/mol. The Balaban J connectivity index is 1.52. The first-order valence-corrected chi connectivity index (χ1v) is 8.04. The van der Waals surface area contributed by atoms with Gasteiger partial charge in [-0.25, -0.2) is 14.5 Å². The lowest BCUT2D eigenvalue weighted by Crippen LogP contribution is -2.34. The van der Waals surface area contributed by atoms with Crippen molar-refractivity contribution in [2.24, 2.45) is 0 Å². The van der Waals surface area contributed by atoms with Crippen LogP contribution in [0.1, 0.15) is 15.4 Å². The van der Waals surface area contributed by atoms with Gasteiger partial charge >= 0.3 is 6.03 Å². The molecule has 7 heteroatoms. The minimum Gasteiger partial charge on any atom is -0.334 e. The minimum atomic E-state index is -0.194. The summed E-state index contributed by atoms with van der Waals surface area (Å²) in [6.07, 6.45) is 5.41. The van der Waals surface area contributed by atoms with Crippen molar-refractivity contribution in [1.82, 2.24) is 25.4 Å². The van der Waals surface area contributed by atoms with Gasteiger partial charge in [0.15, 0.2) is 0 Å². The summed E-state index contributed by atoms with van der Waals surface area (Å²) >= 11 is 1.58. The van der Waals surface area contributed by atoms with Gasteiger partial charge in [0, 0.05) is 30.0 Å². The van der Waals surface area contributed by atoms with Crippen molar-refractivity contribution >= 4 is 17.4 Å². The van der Waals surface area contributed by atoms with E-state index in [9.17, 15) is 4.79 Å². The van der Waals surface area contributed by atoms with Gasteiger partial charge in [-0.2, -0.15) is 5.10 Å². The largest absolute Gasteiger partial charge is 0.334 e. The number of urea groups is 1. The Labute approximate surface area is 138 Å². The zero-order chi connectivity index (χ0) is 16.1. The van der Waals surface area contributed by atoms with E-state index in [2.05, 4.69) is 20.7 Å². The van der Waals surface area contributed by atoms with Crippen molar-refractivity contribution in [3.05, 3.63) is 64.4 Å². The Morgan fingerprint density at radius 1 is 1.26 bits per heavy atom. The van der Waals surface area contributed by atoms with Crippen molar-refractivity contribution in [1.29, 1.82) is 0 Å². The van der Waals surface area contributed by atoms with E-state index in [1.54, 1.807) is 28.4 Å². The van der Waals surface area contributed by atoms with Gasteiger partial charge in [-0.15, -0.1) is 11.3 Å². The van der Waals surface area contributed by atoms with Gasteiger partial charge in [-0.1, -0.05) is 12.1 Å². The zero-order valence-electron chi connectivity index (χ0n) is 12.7. The van der Waals surface area contributed by atoms with Crippen LogP contribution >= 0.6 is 11.3 Å². The molecule has 3 rings (SSSR count). The van der Waals surface area contributed by atoms with Crippen LogP contribution in [-0.4, -0.2) is 20.8 Å². The zero-order valence-corrected chi connectivity index (χ0v) is 13.5. The number of nitrogens with zero attached hydrogens (tertiary/aromatic N) is 3. The van der Waals surface area contributed by atoms with E-state index in [-0.39, 0.29) is 6.03 Å². The molecular weight excluding hydrogens is 310 g/mol. The minimum absolute atomic E-state index is 0.194. The number of carbonyl (C=O) groups is 1. The van der Waals surface area contributed by atoms with Crippen molar-refractivity contribution in [3.8, 4) is 5.69 Å². The van der Waals surface area contributed by atoms with Gasteiger partial charge in [0.1, 0.15) is 0 Å². The number of hydrogen-bond acceptors (Lipinski definition) is 4. The van der Waals surface area contributed by atoms with Gasteiger partial charge in [0.05, 0.1) is 17.2 Å². The lowest BCUT2D eigenvalue weighted by atomic mass is 10.2. The fourth-order valence-electron chi connectivity index (χ4n) is 2.13. The molecule has 0 saturated carbocycles. The Morgan fingerprint density at radius 2 is 2.13 bits per heavy atom. The summed E-state index contributed by atoms with van der Waals surface area (Å²) in [6.45, 7) is 2.90. The Hall–Kier alpha value is -2.67. The van der Waals surface area contributed by atoms with Crippen molar-refractivity contribution in [2.45, 2.75) is 20.0 Å². The van der Waals surface area contributed by atoms with Gasteiger partial charge in [-0.3, -0.25) is 0 Å². The highest BCUT2D eigenvalue weighted by atomic mass is 32.1. The smallest absolute Gasteiger partial charge is 0.315 e. The summed E-state index contributed by atoms with van der Waals surface area (Å²) in [5.41, 5.74) is 1.98. The summed E-state index contributed by atoms with van der Waals surface area (Å²) in [7, 11) is 0. The molecule has 2 amide bonds. The number of amides is 2. The molecule has 0 aliphatic carbocycles. The average Bonchev–Trinajstić information content (AvgIpc) is 3.23. The van der Waals surface area contributed by atoms with E-state index >= 15 is 0 Å². The molecule has 3 aromatic rings. The molecule has 0 bridgehead atoms. The third-order valence-electron chi connectivity index (χ3n) is 3.22. The monoisotopic (exact) mass is 327 g/mol. The maximum atomic E-state index is 11.9. The topological polar surface area (TPSA) is 71.8 Å². The molecular formula is C16H17N5OS. The summed E-state index contributed by atoms with van der Waals surface area (Å²) < 4.78 is 1.79. The normalized spacial score (nSPS) is 10.5. The number of aryl methyl sites for hydroxylation is 1. The van der Waals surface area contributed by atoms with Gasteiger partial charge in [0.2, 0.25) is 0 Å². The second-order valence-corrected chi connectivity index (χ2v) is 6.32. The molecule has 1 aromatic carbocycles. The van der Waals surface area contributed by atoms with E-state index in [4.69, 9.17) is 0 Å². The van der Waals surface area contributed by atoms with E-state index in [0.717, 1.165) is 21.1 Å². The van der Waals surface area contributed by atoms with Gasteiger partial charge in [-0.05, 0) is 30.7 Å². The van der Waals surface area contributed by atoms with Crippen LogP contribution in [0.2, 0.25) is 0 Å². The number of rotatable bonds is 5. The number of hydrogen-bond donors (Lipinski definition) is 2. The van der Waals surface area contributed by atoms with Crippen LogP contribution in [0.5, 0.6) is 0 Å². The molecule has 0 aliphatic heterocycles. The highest BCUT2D eigenvalue weighted by Gasteiger charge is 2.04. The van der Waals surface area contributed by atoms with Crippen molar-refractivity contribution in [3.63, 3.8) is 0 Å². The number of benzene rings is 1. The molecule has 2 heterocycles. The molecule has 0 unspecified atom stereocenters. The van der Waals surface area contributed by atoms with E-state index in [0.29, 0.717) is 13.1 Å². The molecule has 0 saturated heterocycles. The molecule has 0 fully saturated rings. The van der Waals surface area contributed by atoms with Crippen LogP contribution in [0.4, 0.5) is 4.79 Å². The molecule has 0 radical (unpaired) electrons. The Kier molecular flexibility index (Phi) is 4.68. The maximum Gasteiger partial charge on any atom is 0.315 e.